The van der Waals surface area contributed by atoms with Crippen LogP contribution < -0.4 is 9.47 Å². The van der Waals surface area contributed by atoms with Crippen LogP contribution in [0.1, 0.15) is 10.4 Å². The minimum absolute atomic E-state index is 0.406. The van der Waals surface area contributed by atoms with E-state index in [0.717, 1.165) is 5.75 Å². The molecule has 0 heterocycles. The highest BCUT2D eigenvalue weighted by atomic mass is 16.5. The topological polar surface area (TPSA) is 35.5 Å². The van der Waals surface area contributed by atoms with Gasteiger partial charge in [0.25, 0.3) is 0 Å². The van der Waals surface area contributed by atoms with Crippen LogP contribution in [0.15, 0.2) is 48.5 Å². The second-order valence-corrected chi connectivity index (χ2v) is 3.34. The van der Waals surface area contributed by atoms with E-state index in [9.17, 15) is 4.79 Å². The van der Waals surface area contributed by atoms with Gasteiger partial charge in [0.2, 0.25) is 0 Å². The number of ether oxygens (including phenoxy) is 2. The molecule has 0 unspecified atom stereocenters. The van der Waals surface area contributed by atoms with Gasteiger partial charge in [-0.2, -0.15) is 0 Å². The predicted octanol–water partition coefficient (Wildman–Crippen LogP) is 2.71. The van der Waals surface area contributed by atoms with Crippen LogP contribution in [0.2, 0.25) is 0 Å². The number of esters is 1. The van der Waals surface area contributed by atoms with Gasteiger partial charge in [0, 0.05) is 0 Å². The second-order valence-electron chi connectivity index (χ2n) is 3.34. The molecule has 0 saturated carbocycles. The Labute approximate surface area is 99.6 Å². The summed E-state index contributed by atoms with van der Waals surface area (Å²) in [6.45, 7) is 0. The Balaban J connectivity index is 2.08. The van der Waals surface area contributed by atoms with Gasteiger partial charge in [-0.3, -0.25) is 0 Å². The molecule has 0 atom stereocenters. The number of hydrogen-bond acceptors (Lipinski definition) is 3. The van der Waals surface area contributed by atoms with E-state index in [1.54, 1.807) is 55.6 Å². The Morgan fingerprint density at radius 1 is 1.06 bits per heavy atom. The Morgan fingerprint density at radius 3 is 2.35 bits per heavy atom. The molecule has 2 aromatic rings. The number of carbonyl (C=O) groups is 1. The summed E-state index contributed by atoms with van der Waals surface area (Å²) in [5.41, 5.74) is 0.406. The van der Waals surface area contributed by atoms with Crippen molar-refractivity contribution in [3.63, 3.8) is 0 Å². The van der Waals surface area contributed by atoms with E-state index in [0.29, 0.717) is 11.3 Å². The van der Waals surface area contributed by atoms with Gasteiger partial charge in [0.15, 0.2) is 0 Å². The minimum Gasteiger partial charge on any atom is -0.497 e. The van der Waals surface area contributed by atoms with E-state index in [2.05, 4.69) is 6.07 Å². The fourth-order valence-electron chi connectivity index (χ4n) is 1.33. The first-order chi connectivity index (χ1) is 8.29. The van der Waals surface area contributed by atoms with Crippen LogP contribution in [0.4, 0.5) is 0 Å². The van der Waals surface area contributed by atoms with Crippen molar-refractivity contribution >= 4 is 5.97 Å². The maximum atomic E-state index is 11.7. The monoisotopic (exact) mass is 227 g/mol. The zero-order chi connectivity index (χ0) is 12.1. The van der Waals surface area contributed by atoms with Gasteiger partial charge in [-0.05, 0) is 36.4 Å². The van der Waals surface area contributed by atoms with Crippen molar-refractivity contribution in [1.29, 1.82) is 0 Å². The molecule has 0 aliphatic rings. The highest BCUT2D eigenvalue weighted by Gasteiger charge is 2.07. The third-order valence-electron chi connectivity index (χ3n) is 2.20. The normalized spacial score (nSPS) is 9.71. The molecule has 17 heavy (non-hydrogen) atoms. The number of benzene rings is 2. The summed E-state index contributed by atoms with van der Waals surface area (Å²) in [6, 6.07) is 16.5. The lowest BCUT2D eigenvalue weighted by Crippen LogP contribution is -2.08. The molecule has 0 fully saturated rings. The van der Waals surface area contributed by atoms with Gasteiger partial charge in [0.05, 0.1) is 12.7 Å². The highest BCUT2D eigenvalue weighted by molar-refractivity contribution is 5.90. The zero-order valence-electron chi connectivity index (χ0n) is 9.34. The smallest absolute Gasteiger partial charge is 0.344 e. The SMILES string of the molecule is COc1ccc(OC(=O)c2[c]cccc2)cc1. The number of methoxy groups -OCH3 is 1. The van der Waals surface area contributed by atoms with Gasteiger partial charge in [-0.25, -0.2) is 4.79 Å². The van der Waals surface area contributed by atoms with Gasteiger partial charge >= 0.3 is 5.97 Å². The molecule has 2 aromatic carbocycles. The molecule has 0 aliphatic carbocycles. The van der Waals surface area contributed by atoms with E-state index < -0.39 is 5.97 Å². The van der Waals surface area contributed by atoms with Gasteiger partial charge in [0.1, 0.15) is 11.5 Å². The number of carbonyl (C=O) groups excluding carboxylic acids is 1. The summed E-state index contributed by atoms with van der Waals surface area (Å²) < 4.78 is 10.2. The van der Waals surface area contributed by atoms with Crippen molar-refractivity contribution in [3.05, 3.63) is 60.2 Å². The van der Waals surface area contributed by atoms with Crippen LogP contribution in [0.25, 0.3) is 0 Å². The fraction of sp³-hybridized carbons (Fsp3) is 0.0714. The van der Waals surface area contributed by atoms with Crippen LogP contribution in [-0.2, 0) is 0 Å². The lowest BCUT2D eigenvalue weighted by Gasteiger charge is -2.04. The third kappa shape index (κ3) is 2.84. The molecule has 0 aliphatic heterocycles. The summed E-state index contributed by atoms with van der Waals surface area (Å²) >= 11 is 0. The first kappa shape index (κ1) is 11.2. The molecular weight excluding hydrogens is 216 g/mol. The standard InChI is InChI=1S/C14H11O3/c1-16-12-7-9-13(10-8-12)17-14(15)11-5-3-2-4-6-11/h2-5,7-10H,1H3. The van der Waals surface area contributed by atoms with Crippen molar-refractivity contribution in [1.82, 2.24) is 0 Å². The average molecular weight is 227 g/mol. The second kappa shape index (κ2) is 5.16. The van der Waals surface area contributed by atoms with E-state index >= 15 is 0 Å². The van der Waals surface area contributed by atoms with E-state index in [1.165, 1.54) is 0 Å². The van der Waals surface area contributed by atoms with Crippen molar-refractivity contribution < 1.29 is 14.3 Å². The number of rotatable bonds is 3. The molecule has 3 nitrogen and oxygen atoms in total. The molecule has 2 rings (SSSR count). The molecule has 0 amide bonds. The van der Waals surface area contributed by atoms with Crippen LogP contribution in [0.5, 0.6) is 11.5 Å². The molecule has 3 heteroatoms. The minimum atomic E-state index is -0.421. The lowest BCUT2D eigenvalue weighted by molar-refractivity contribution is 0.0734. The van der Waals surface area contributed by atoms with Crippen molar-refractivity contribution in [2.24, 2.45) is 0 Å². The van der Waals surface area contributed by atoms with Crippen LogP contribution in [0, 0.1) is 6.07 Å². The first-order valence-corrected chi connectivity index (χ1v) is 5.12. The third-order valence-corrected chi connectivity index (χ3v) is 2.20. The van der Waals surface area contributed by atoms with Crippen molar-refractivity contribution in [2.45, 2.75) is 0 Å². The van der Waals surface area contributed by atoms with Crippen LogP contribution in [0.3, 0.4) is 0 Å². The molecule has 0 saturated heterocycles. The van der Waals surface area contributed by atoms with E-state index in [1.807, 2.05) is 0 Å². The fourth-order valence-corrected chi connectivity index (χ4v) is 1.33. The Morgan fingerprint density at radius 2 is 1.76 bits per heavy atom. The summed E-state index contributed by atoms with van der Waals surface area (Å²) in [6.07, 6.45) is 0. The maximum absolute atomic E-state index is 11.7. The molecule has 0 bridgehead atoms. The Kier molecular flexibility index (Phi) is 3.40. The molecular formula is C14H11O3. The predicted molar refractivity (Wildman–Crippen MR) is 63.2 cm³/mol. The molecule has 85 valence electrons. The van der Waals surface area contributed by atoms with Gasteiger partial charge in [-0.15, -0.1) is 0 Å². The van der Waals surface area contributed by atoms with Crippen LogP contribution in [-0.4, -0.2) is 13.1 Å². The first-order valence-electron chi connectivity index (χ1n) is 5.12. The number of hydrogen-bond donors (Lipinski definition) is 0. The van der Waals surface area contributed by atoms with Gasteiger partial charge < -0.3 is 9.47 Å². The summed E-state index contributed by atoms with van der Waals surface area (Å²) in [5.74, 6) is 0.778. The Hall–Kier alpha value is -2.29. The molecule has 0 spiro atoms. The van der Waals surface area contributed by atoms with E-state index in [4.69, 9.17) is 9.47 Å². The summed E-state index contributed by atoms with van der Waals surface area (Å²) in [7, 11) is 1.58. The average Bonchev–Trinajstić information content (AvgIpc) is 2.40. The highest BCUT2D eigenvalue weighted by Crippen LogP contribution is 2.18. The molecule has 0 N–H and O–H groups in total. The molecule has 0 aromatic heterocycles. The Bertz CT molecular complexity index is 489. The van der Waals surface area contributed by atoms with Crippen LogP contribution >= 0.6 is 0 Å². The van der Waals surface area contributed by atoms with Gasteiger partial charge in [-0.1, -0.05) is 18.2 Å². The summed E-state index contributed by atoms with van der Waals surface area (Å²) in [4.78, 5) is 11.7. The lowest BCUT2D eigenvalue weighted by atomic mass is 10.2. The van der Waals surface area contributed by atoms with Crippen molar-refractivity contribution in [3.8, 4) is 11.5 Å². The largest absolute Gasteiger partial charge is 0.497 e. The van der Waals surface area contributed by atoms with E-state index in [-0.39, 0.29) is 0 Å². The van der Waals surface area contributed by atoms with Crippen molar-refractivity contribution in [2.75, 3.05) is 7.11 Å². The summed E-state index contributed by atoms with van der Waals surface area (Å²) in [5, 5.41) is 0. The zero-order valence-corrected chi connectivity index (χ0v) is 9.34. The quantitative estimate of drug-likeness (QED) is 0.597. The molecule has 1 radical (unpaired) electrons. The maximum Gasteiger partial charge on any atom is 0.344 e.